The fourth-order valence-corrected chi connectivity index (χ4v) is 4.29. The summed E-state index contributed by atoms with van der Waals surface area (Å²) in [7, 11) is -3.83. The number of anilines is 2. The van der Waals surface area contributed by atoms with Crippen LogP contribution in [-0.2, 0) is 10.0 Å². The molecular weight excluding hydrogens is 433 g/mol. The molecule has 9 heteroatoms. The first-order valence-electron chi connectivity index (χ1n) is 5.18. The van der Waals surface area contributed by atoms with Crippen molar-refractivity contribution in [2.45, 2.75) is 4.90 Å². The van der Waals surface area contributed by atoms with Gasteiger partial charge in [0.05, 0.1) is 14.6 Å². The molecule has 0 aliphatic rings. The van der Waals surface area contributed by atoms with Crippen molar-refractivity contribution in [2.24, 2.45) is 0 Å². The van der Waals surface area contributed by atoms with E-state index in [-0.39, 0.29) is 20.1 Å². The summed E-state index contributed by atoms with van der Waals surface area (Å²) in [6.07, 6.45) is 2.96. The highest BCUT2D eigenvalue weighted by Gasteiger charge is 2.21. The van der Waals surface area contributed by atoms with E-state index in [1.54, 1.807) is 0 Å². The van der Waals surface area contributed by atoms with Gasteiger partial charge in [-0.15, -0.1) is 0 Å². The van der Waals surface area contributed by atoms with Crippen LogP contribution in [0.2, 0.25) is 5.02 Å². The normalized spacial score (nSPS) is 11.3. The summed E-state index contributed by atoms with van der Waals surface area (Å²) in [5.74, 6) is 0. The number of nitrogens with zero attached hydrogens (tertiary/aromatic N) is 1. The number of hydrogen-bond acceptors (Lipinski definition) is 4. The van der Waals surface area contributed by atoms with Crippen molar-refractivity contribution >= 4 is 64.9 Å². The Morgan fingerprint density at radius 3 is 2.65 bits per heavy atom. The van der Waals surface area contributed by atoms with Gasteiger partial charge in [0.15, 0.2) is 0 Å². The average molecular weight is 442 g/mol. The molecule has 0 radical (unpaired) electrons. The zero-order valence-electron chi connectivity index (χ0n) is 9.77. The van der Waals surface area contributed by atoms with E-state index in [2.05, 4.69) is 41.6 Å². The number of aromatic nitrogens is 1. The van der Waals surface area contributed by atoms with Gasteiger partial charge in [-0.3, -0.25) is 9.71 Å². The Morgan fingerprint density at radius 2 is 2.00 bits per heavy atom. The van der Waals surface area contributed by atoms with Crippen LogP contribution in [0.25, 0.3) is 0 Å². The molecule has 106 valence electrons. The molecule has 0 saturated carbocycles. The van der Waals surface area contributed by atoms with Gasteiger partial charge >= 0.3 is 0 Å². The molecule has 0 bridgehead atoms. The lowest BCUT2D eigenvalue weighted by Crippen LogP contribution is -2.14. The van der Waals surface area contributed by atoms with Crippen molar-refractivity contribution in [3.05, 3.63) is 44.6 Å². The zero-order chi connectivity index (χ0) is 14.9. The summed E-state index contributed by atoms with van der Waals surface area (Å²) in [5, 5.41) is 0.236. The number of nitrogens with two attached hydrogens (primary N) is 1. The van der Waals surface area contributed by atoms with Crippen molar-refractivity contribution in [2.75, 3.05) is 10.5 Å². The van der Waals surface area contributed by atoms with Gasteiger partial charge in [-0.25, -0.2) is 8.42 Å². The van der Waals surface area contributed by atoms with Crippen molar-refractivity contribution in [1.82, 2.24) is 4.98 Å². The summed E-state index contributed by atoms with van der Waals surface area (Å²) >= 11 is 12.2. The molecule has 2 aromatic rings. The van der Waals surface area contributed by atoms with E-state index >= 15 is 0 Å². The third-order valence-electron chi connectivity index (χ3n) is 2.34. The fourth-order valence-electron chi connectivity index (χ4n) is 1.44. The number of hydrogen-bond donors (Lipinski definition) is 2. The summed E-state index contributed by atoms with van der Waals surface area (Å²) in [6.45, 7) is 0. The van der Waals surface area contributed by atoms with Gasteiger partial charge in [0, 0.05) is 23.1 Å². The standard InChI is InChI=1S/C11H8Br2ClN3O2S/c12-7-5-16-2-1-9(7)17-20(18,19)10-4-6(14)3-8(15)11(10)13/h1-5H,15H2,(H,16,17). The molecular formula is C11H8Br2ClN3O2S. The molecule has 1 aromatic carbocycles. The van der Waals surface area contributed by atoms with Crippen molar-refractivity contribution in [1.29, 1.82) is 0 Å². The van der Waals surface area contributed by atoms with Gasteiger partial charge in [0.25, 0.3) is 10.0 Å². The third kappa shape index (κ3) is 3.25. The van der Waals surface area contributed by atoms with Crippen LogP contribution in [0.4, 0.5) is 11.4 Å². The van der Waals surface area contributed by atoms with Crippen molar-refractivity contribution < 1.29 is 8.42 Å². The number of nitrogen functional groups attached to an aromatic ring is 1. The van der Waals surface area contributed by atoms with Crippen LogP contribution in [0.3, 0.4) is 0 Å². The SMILES string of the molecule is Nc1cc(Cl)cc(S(=O)(=O)Nc2ccncc2Br)c1Br. The maximum atomic E-state index is 12.4. The van der Waals surface area contributed by atoms with Gasteiger partial charge in [-0.1, -0.05) is 11.6 Å². The van der Waals surface area contributed by atoms with E-state index < -0.39 is 10.0 Å². The van der Waals surface area contributed by atoms with E-state index in [9.17, 15) is 8.42 Å². The number of benzene rings is 1. The Kier molecular flexibility index (Phi) is 4.58. The molecule has 20 heavy (non-hydrogen) atoms. The molecule has 0 atom stereocenters. The predicted octanol–water partition coefficient (Wildman–Crippen LogP) is 3.64. The van der Waals surface area contributed by atoms with Crippen LogP contribution in [0.1, 0.15) is 0 Å². The molecule has 0 amide bonds. The lowest BCUT2D eigenvalue weighted by atomic mass is 10.3. The predicted molar refractivity (Wildman–Crippen MR) is 86.3 cm³/mol. The van der Waals surface area contributed by atoms with Gasteiger partial charge < -0.3 is 5.73 Å². The number of nitrogens with one attached hydrogen (secondary N) is 1. The Hall–Kier alpha value is -0.830. The maximum Gasteiger partial charge on any atom is 0.263 e. The quantitative estimate of drug-likeness (QED) is 0.712. The van der Waals surface area contributed by atoms with Gasteiger partial charge in [-0.05, 0) is 50.1 Å². The first-order valence-corrected chi connectivity index (χ1v) is 8.63. The Balaban J connectivity index is 2.49. The third-order valence-corrected chi connectivity index (χ3v) is 5.73. The second-order valence-corrected chi connectivity index (χ2v) is 7.50. The highest BCUT2D eigenvalue weighted by molar-refractivity contribution is 9.11. The molecule has 3 N–H and O–H groups in total. The first kappa shape index (κ1) is 15.6. The second-order valence-electron chi connectivity index (χ2n) is 3.77. The number of rotatable bonds is 3. The smallest absolute Gasteiger partial charge is 0.263 e. The highest BCUT2D eigenvalue weighted by atomic mass is 79.9. The van der Waals surface area contributed by atoms with Crippen molar-refractivity contribution in [3.8, 4) is 0 Å². The Morgan fingerprint density at radius 1 is 1.30 bits per heavy atom. The lowest BCUT2D eigenvalue weighted by molar-refractivity contribution is 0.601. The van der Waals surface area contributed by atoms with E-state index in [0.717, 1.165) is 0 Å². The van der Waals surface area contributed by atoms with Crippen molar-refractivity contribution in [3.63, 3.8) is 0 Å². The van der Waals surface area contributed by atoms with Gasteiger partial charge in [0.2, 0.25) is 0 Å². The minimum absolute atomic E-state index is 0.0359. The molecule has 5 nitrogen and oxygen atoms in total. The molecule has 0 unspecified atom stereocenters. The number of halogens is 3. The minimum Gasteiger partial charge on any atom is -0.398 e. The molecule has 0 aliphatic carbocycles. The molecule has 0 aliphatic heterocycles. The van der Waals surface area contributed by atoms with Crippen LogP contribution < -0.4 is 10.5 Å². The average Bonchev–Trinajstić information content (AvgIpc) is 2.36. The largest absolute Gasteiger partial charge is 0.398 e. The summed E-state index contributed by atoms with van der Waals surface area (Å²) in [5.41, 5.74) is 6.31. The topological polar surface area (TPSA) is 85.1 Å². The van der Waals surface area contributed by atoms with Gasteiger partial charge in [-0.2, -0.15) is 0 Å². The molecule has 1 aromatic heterocycles. The first-order chi connectivity index (χ1) is 9.31. The number of sulfonamides is 1. The highest BCUT2D eigenvalue weighted by Crippen LogP contribution is 2.33. The van der Waals surface area contributed by atoms with E-state index in [1.807, 2.05) is 0 Å². The maximum absolute atomic E-state index is 12.4. The summed E-state index contributed by atoms with van der Waals surface area (Å²) in [6, 6.07) is 4.32. The van der Waals surface area contributed by atoms with Crippen LogP contribution in [-0.4, -0.2) is 13.4 Å². The fraction of sp³-hybridized carbons (Fsp3) is 0. The lowest BCUT2D eigenvalue weighted by Gasteiger charge is -2.12. The zero-order valence-corrected chi connectivity index (χ0v) is 14.5. The van der Waals surface area contributed by atoms with E-state index in [0.29, 0.717) is 10.2 Å². The van der Waals surface area contributed by atoms with E-state index in [4.69, 9.17) is 17.3 Å². The van der Waals surface area contributed by atoms with Gasteiger partial charge in [0.1, 0.15) is 4.90 Å². The Labute approximate surface area is 137 Å². The van der Waals surface area contributed by atoms with E-state index in [1.165, 1.54) is 30.6 Å². The molecule has 2 rings (SSSR count). The molecule has 0 saturated heterocycles. The number of pyridine rings is 1. The molecule has 0 spiro atoms. The Bertz CT molecular complexity index is 768. The second kappa shape index (κ2) is 5.88. The monoisotopic (exact) mass is 439 g/mol. The van der Waals surface area contributed by atoms with Crippen LogP contribution in [0.15, 0.2) is 44.4 Å². The molecule has 0 fully saturated rings. The van der Waals surface area contributed by atoms with Crippen LogP contribution >= 0.6 is 43.5 Å². The molecule has 1 heterocycles. The summed E-state index contributed by atoms with van der Waals surface area (Å²) < 4.78 is 28.0. The summed E-state index contributed by atoms with van der Waals surface area (Å²) in [4.78, 5) is 3.83. The van der Waals surface area contributed by atoms with Crippen LogP contribution in [0.5, 0.6) is 0 Å². The minimum atomic E-state index is -3.83. The van der Waals surface area contributed by atoms with Crippen LogP contribution in [0, 0.1) is 0 Å².